The third-order valence-electron chi connectivity index (χ3n) is 2.09. The van der Waals surface area contributed by atoms with Gasteiger partial charge in [-0.3, -0.25) is 0 Å². The van der Waals surface area contributed by atoms with Crippen molar-refractivity contribution in [1.82, 2.24) is 4.57 Å². The molecular formula is C10H19F3N2OP+. The summed E-state index contributed by atoms with van der Waals surface area (Å²) in [6, 6.07) is 0. The Balaban J connectivity index is 0.000000437. The van der Waals surface area contributed by atoms with Crippen LogP contribution >= 0.6 is 8.07 Å². The fraction of sp³-hybridized carbons (Fsp3) is 0.700. The Morgan fingerprint density at radius 2 is 1.82 bits per heavy atom. The lowest BCUT2D eigenvalue weighted by atomic mass is 10.2. The number of unbranched alkanes of at least 4 members (excludes halogenated alkanes) is 3. The highest BCUT2D eigenvalue weighted by Crippen LogP contribution is 2.50. The average Bonchev–Trinajstić information content (AvgIpc) is 2.56. The minimum atomic E-state index is -6.14. The molecule has 0 aromatic carbocycles. The fourth-order valence-corrected chi connectivity index (χ4v) is 1.36. The molecule has 3 nitrogen and oxygen atoms in total. The monoisotopic (exact) mass is 271 g/mol. The normalized spacial score (nSPS) is 10.9. The molecule has 0 spiro atoms. The topological polar surface area (TPSA) is 25.9 Å². The Labute approximate surface area is 100.0 Å². The van der Waals surface area contributed by atoms with Gasteiger partial charge in [0.25, 0.3) is 0 Å². The summed E-state index contributed by atoms with van der Waals surface area (Å²) in [5.41, 5.74) is 0. The van der Waals surface area contributed by atoms with E-state index in [4.69, 9.17) is 4.57 Å². The van der Waals surface area contributed by atoms with E-state index in [0.717, 1.165) is 0 Å². The third-order valence-corrected chi connectivity index (χ3v) is 2.09. The van der Waals surface area contributed by atoms with Crippen LogP contribution in [-0.4, -0.2) is 4.57 Å². The minimum Gasteiger partial charge on any atom is -0.240 e. The number of halogens is 3. The van der Waals surface area contributed by atoms with Gasteiger partial charge in [0.15, 0.2) is 0 Å². The van der Waals surface area contributed by atoms with Crippen LogP contribution in [0.15, 0.2) is 18.7 Å². The van der Waals surface area contributed by atoms with Crippen LogP contribution in [0.2, 0.25) is 0 Å². The van der Waals surface area contributed by atoms with Gasteiger partial charge in [0.05, 0.1) is 13.6 Å². The zero-order valence-electron chi connectivity index (χ0n) is 10.2. The first kappa shape index (κ1) is 16.2. The molecule has 1 rings (SSSR count). The first-order valence-electron chi connectivity index (χ1n) is 5.53. The van der Waals surface area contributed by atoms with Crippen molar-refractivity contribution in [2.24, 2.45) is 7.05 Å². The predicted octanol–water partition coefficient (Wildman–Crippen LogP) is 3.90. The predicted molar refractivity (Wildman–Crippen MR) is 60.7 cm³/mol. The standard InChI is InChI=1S/C10H19N2.F3OP/c1-3-4-5-6-7-12-9-8-11(2)10-12;1-5(2,3)4/h8-10H,3-7H2,1-2H3;/q+1;. The van der Waals surface area contributed by atoms with E-state index in [9.17, 15) is 12.6 Å². The zero-order valence-corrected chi connectivity index (χ0v) is 11.0. The molecule has 100 valence electrons. The fourth-order valence-electron chi connectivity index (χ4n) is 1.36. The number of nitrogens with zero attached hydrogens (tertiary/aromatic N) is 2. The second kappa shape index (κ2) is 8.34. The van der Waals surface area contributed by atoms with Gasteiger partial charge in [0.1, 0.15) is 12.4 Å². The Morgan fingerprint density at radius 3 is 2.24 bits per heavy atom. The summed E-state index contributed by atoms with van der Waals surface area (Å²) in [7, 11) is -4.08. The highest BCUT2D eigenvalue weighted by molar-refractivity contribution is 7.47. The molecule has 1 aromatic heterocycles. The molecule has 1 aromatic rings. The van der Waals surface area contributed by atoms with Gasteiger partial charge in [-0.05, 0) is 12.8 Å². The molecule has 0 atom stereocenters. The number of aromatic nitrogens is 2. The van der Waals surface area contributed by atoms with Crippen molar-refractivity contribution in [2.75, 3.05) is 0 Å². The second-order valence-corrected chi connectivity index (χ2v) is 4.57. The summed E-state index contributed by atoms with van der Waals surface area (Å²) >= 11 is 0. The van der Waals surface area contributed by atoms with Crippen molar-refractivity contribution < 1.29 is 21.7 Å². The third kappa shape index (κ3) is 13.2. The summed E-state index contributed by atoms with van der Waals surface area (Å²) in [4.78, 5) is 0. The summed E-state index contributed by atoms with van der Waals surface area (Å²) in [5.74, 6) is 0. The van der Waals surface area contributed by atoms with Crippen LogP contribution in [0.1, 0.15) is 32.6 Å². The average molecular weight is 271 g/mol. The summed E-state index contributed by atoms with van der Waals surface area (Å²) in [6.07, 6.45) is 11.7. The number of rotatable bonds is 5. The van der Waals surface area contributed by atoms with Gasteiger partial charge in [0, 0.05) is 0 Å². The SMILES string of the molecule is CCCCCCn1cc[n+](C)c1.O=P(F)(F)F. The van der Waals surface area contributed by atoms with Crippen LogP contribution in [-0.2, 0) is 18.2 Å². The lowest BCUT2D eigenvalue weighted by Gasteiger charge is -1.95. The highest BCUT2D eigenvalue weighted by Gasteiger charge is 2.13. The summed E-state index contributed by atoms with van der Waals surface area (Å²) in [6.45, 7) is 3.41. The van der Waals surface area contributed by atoms with Crippen LogP contribution in [0.3, 0.4) is 0 Å². The van der Waals surface area contributed by atoms with Crippen LogP contribution in [0.25, 0.3) is 0 Å². The molecule has 0 fully saturated rings. The molecule has 0 amide bonds. The van der Waals surface area contributed by atoms with E-state index in [-0.39, 0.29) is 0 Å². The maximum atomic E-state index is 9.91. The smallest absolute Gasteiger partial charge is 0.240 e. The molecule has 0 saturated heterocycles. The van der Waals surface area contributed by atoms with Crippen molar-refractivity contribution in [1.29, 1.82) is 0 Å². The summed E-state index contributed by atoms with van der Waals surface area (Å²) < 4.78 is 42.3. The Hall–Kier alpha value is -0.770. The molecule has 0 aliphatic rings. The van der Waals surface area contributed by atoms with E-state index in [1.165, 1.54) is 32.2 Å². The number of hydrogen-bond donors (Lipinski definition) is 0. The summed E-state index contributed by atoms with van der Waals surface area (Å²) in [5, 5.41) is 0. The molecule has 0 aliphatic heterocycles. The first-order chi connectivity index (χ1) is 7.83. The molecule has 0 bridgehead atoms. The molecule has 0 unspecified atom stereocenters. The molecule has 17 heavy (non-hydrogen) atoms. The Kier molecular flexibility index (Phi) is 7.96. The van der Waals surface area contributed by atoms with Gasteiger partial charge < -0.3 is 0 Å². The van der Waals surface area contributed by atoms with Crippen molar-refractivity contribution in [3.63, 3.8) is 0 Å². The van der Waals surface area contributed by atoms with Crippen molar-refractivity contribution in [3.05, 3.63) is 18.7 Å². The molecule has 0 saturated carbocycles. The lowest BCUT2D eigenvalue weighted by molar-refractivity contribution is -0.671. The quantitative estimate of drug-likeness (QED) is 0.453. The van der Waals surface area contributed by atoms with E-state index in [1.54, 1.807) is 0 Å². The van der Waals surface area contributed by atoms with Crippen molar-refractivity contribution in [3.8, 4) is 0 Å². The molecule has 7 heteroatoms. The van der Waals surface area contributed by atoms with E-state index in [1.807, 2.05) is 0 Å². The van der Waals surface area contributed by atoms with Gasteiger partial charge >= 0.3 is 8.07 Å². The van der Waals surface area contributed by atoms with Gasteiger partial charge in [-0.1, -0.05) is 19.8 Å². The van der Waals surface area contributed by atoms with Crippen LogP contribution in [0.5, 0.6) is 0 Å². The Morgan fingerprint density at radius 1 is 1.24 bits per heavy atom. The van der Waals surface area contributed by atoms with Crippen LogP contribution < -0.4 is 4.57 Å². The van der Waals surface area contributed by atoms with E-state index >= 15 is 0 Å². The van der Waals surface area contributed by atoms with E-state index in [2.05, 4.69) is 41.8 Å². The number of hydrogen-bond acceptors (Lipinski definition) is 1. The lowest BCUT2D eigenvalue weighted by Crippen LogP contribution is -2.23. The molecule has 0 aliphatic carbocycles. The molecular weight excluding hydrogens is 252 g/mol. The van der Waals surface area contributed by atoms with Gasteiger partial charge in [-0.2, -0.15) is 0 Å². The van der Waals surface area contributed by atoms with Crippen molar-refractivity contribution in [2.45, 2.75) is 39.2 Å². The molecule has 0 N–H and O–H groups in total. The minimum absolute atomic E-state index is 1.17. The maximum Gasteiger partial charge on any atom is 0.591 e. The van der Waals surface area contributed by atoms with Gasteiger partial charge in [-0.15, -0.1) is 12.6 Å². The van der Waals surface area contributed by atoms with Crippen LogP contribution in [0, 0.1) is 0 Å². The number of aryl methyl sites for hydroxylation is 2. The van der Waals surface area contributed by atoms with Gasteiger partial charge in [-0.25, -0.2) is 13.7 Å². The molecule has 1 heterocycles. The van der Waals surface area contributed by atoms with Gasteiger partial charge in [0.2, 0.25) is 6.33 Å². The highest BCUT2D eigenvalue weighted by atomic mass is 31.3. The van der Waals surface area contributed by atoms with E-state index in [0.29, 0.717) is 0 Å². The zero-order chi connectivity index (χ0) is 13.3. The largest absolute Gasteiger partial charge is 0.591 e. The second-order valence-electron chi connectivity index (χ2n) is 3.78. The number of imidazole rings is 1. The van der Waals surface area contributed by atoms with Crippen LogP contribution in [0.4, 0.5) is 12.6 Å². The Bertz CT molecular complexity index is 343. The van der Waals surface area contributed by atoms with E-state index < -0.39 is 8.07 Å². The molecule has 0 radical (unpaired) electrons. The maximum absolute atomic E-state index is 9.91. The van der Waals surface area contributed by atoms with Crippen molar-refractivity contribution >= 4 is 8.07 Å². The first-order valence-corrected chi connectivity index (χ1v) is 6.91.